The molecule has 28 heavy (non-hydrogen) atoms. The number of aromatic nitrogens is 2. The smallest absolute Gasteiger partial charge is 0.227 e. The van der Waals surface area contributed by atoms with Crippen LogP contribution < -0.4 is 0 Å². The number of benzene rings is 1. The van der Waals surface area contributed by atoms with Crippen LogP contribution in [-0.4, -0.2) is 52.0 Å². The normalized spacial score (nSPS) is 15.1. The fraction of sp³-hybridized carbons (Fsp3) is 0.381. The van der Waals surface area contributed by atoms with Crippen LogP contribution in [0.4, 0.5) is 0 Å². The predicted octanol–water partition coefficient (Wildman–Crippen LogP) is 3.38. The third kappa shape index (κ3) is 4.48. The molecule has 3 aromatic rings. The highest BCUT2D eigenvalue weighted by molar-refractivity contribution is 7.08. The van der Waals surface area contributed by atoms with Crippen molar-refractivity contribution in [3.05, 3.63) is 58.1 Å². The standard InChI is InChI=1S/C21H24N4O2S/c1-16-4-2-3-5-17(16)14-24-9-11-25(12-10-24)20(26)7-6-19-22-21(23-27-19)18-8-13-28-15-18/h2-5,8,13,15H,6-7,9-12,14H2,1H3. The van der Waals surface area contributed by atoms with Crippen LogP contribution in [0.1, 0.15) is 23.4 Å². The van der Waals surface area contributed by atoms with E-state index in [1.165, 1.54) is 11.1 Å². The Morgan fingerprint density at radius 3 is 2.75 bits per heavy atom. The third-order valence-electron chi connectivity index (χ3n) is 5.18. The summed E-state index contributed by atoms with van der Waals surface area (Å²) in [7, 11) is 0. The van der Waals surface area contributed by atoms with Crippen molar-refractivity contribution in [3.8, 4) is 11.4 Å². The largest absolute Gasteiger partial charge is 0.340 e. The second kappa shape index (κ2) is 8.67. The molecule has 0 radical (unpaired) electrons. The van der Waals surface area contributed by atoms with Gasteiger partial charge in [0.05, 0.1) is 0 Å². The van der Waals surface area contributed by atoms with Crippen molar-refractivity contribution >= 4 is 17.2 Å². The van der Waals surface area contributed by atoms with Crippen LogP contribution in [0.3, 0.4) is 0 Å². The molecule has 1 fully saturated rings. The van der Waals surface area contributed by atoms with Gasteiger partial charge in [-0.2, -0.15) is 16.3 Å². The summed E-state index contributed by atoms with van der Waals surface area (Å²) in [6.45, 7) is 6.45. The summed E-state index contributed by atoms with van der Waals surface area (Å²) < 4.78 is 5.29. The van der Waals surface area contributed by atoms with Crippen molar-refractivity contribution in [2.24, 2.45) is 0 Å². The number of aryl methyl sites for hydroxylation is 2. The lowest BCUT2D eigenvalue weighted by molar-refractivity contribution is -0.133. The van der Waals surface area contributed by atoms with E-state index in [0.29, 0.717) is 24.6 Å². The highest BCUT2D eigenvalue weighted by atomic mass is 32.1. The van der Waals surface area contributed by atoms with Gasteiger partial charge in [0, 0.05) is 56.5 Å². The number of hydrogen-bond acceptors (Lipinski definition) is 6. The molecule has 1 aliphatic heterocycles. The van der Waals surface area contributed by atoms with Gasteiger partial charge >= 0.3 is 0 Å². The maximum Gasteiger partial charge on any atom is 0.227 e. The maximum absolute atomic E-state index is 12.5. The second-order valence-electron chi connectivity index (χ2n) is 7.11. The van der Waals surface area contributed by atoms with Crippen molar-refractivity contribution in [2.75, 3.05) is 26.2 Å². The Hall–Kier alpha value is -2.51. The number of carbonyl (C=O) groups is 1. The van der Waals surface area contributed by atoms with Crippen LogP contribution in [0, 0.1) is 6.92 Å². The van der Waals surface area contributed by atoms with Crippen molar-refractivity contribution in [1.82, 2.24) is 19.9 Å². The summed E-state index contributed by atoms with van der Waals surface area (Å²) in [6, 6.07) is 10.4. The molecule has 0 saturated carbocycles. The Morgan fingerprint density at radius 1 is 1.18 bits per heavy atom. The number of hydrogen-bond donors (Lipinski definition) is 0. The molecule has 1 amide bonds. The number of nitrogens with zero attached hydrogens (tertiary/aromatic N) is 4. The molecule has 0 bridgehead atoms. The first-order valence-electron chi connectivity index (χ1n) is 9.59. The molecule has 6 nitrogen and oxygen atoms in total. The number of amides is 1. The lowest BCUT2D eigenvalue weighted by Gasteiger charge is -2.35. The van der Waals surface area contributed by atoms with E-state index < -0.39 is 0 Å². The minimum absolute atomic E-state index is 0.158. The lowest BCUT2D eigenvalue weighted by Crippen LogP contribution is -2.48. The van der Waals surface area contributed by atoms with E-state index in [9.17, 15) is 4.79 Å². The van der Waals surface area contributed by atoms with Gasteiger partial charge in [-0.05, 0) is 29.5 Å². The monoisotopic (exact) mass is 396 g/mol. The van der Waals surface area contributed by atoms with E-state index in [4.69, 9.17) is 4.52 Å². The minimum Gasteiger partial charge on any atom is -0.340 e. The first-order chi connectivity index (χ1) is 13.7. The number of thiophene rings is 1. The molecule has 146 valence electrons. The van der Waals surface area contributed by atoms with E-state index in [1.807, 2.05) is 21.7 Å². The molecule has 1 aliphatic rings. The van der Waals surface area contributed by atoms with Gasteiger partial charge in [0.25, 0.3) is 0 Å². The molecule has 7 heteroatoms. The van der Waals surface area contributed by atoms with E-state index in [1.54, 1.807) is 11.3 Å². The minimum atomic E-state index is 0.158. The van der Waals surface area contributed by atoms with Crippen molar-refractivity contribution < 1.29 is 9.32 Å². The molecule has 1 aromatic carbocycles. The Morgan fingerprint density at radius 2 is 2.00 bits per heavy atom. The lowest BCUT2D eigenvalue weighted by atomic mass is 10.1. The van der Waals surface area contributed by atoms with E-state index in [2.05, 4.69) is 46.2 Å². The van der Waals surface area contributed by atoms with Gasteiger partial charge in [0.1, 0.15) is 0 Å². The van der Waals surface area contributed by atoms with Crippen molar-refractivity contribution in [1.29, 1.82) is 0 Å². The zero-order valence-electron chi connectivity index (χ0n) is 16.0. The van der Waals surface area contributed by atoms with Crippen molar-refractivity contribution in [3.63, 3.8) is 0 Å². The van der Waals surface area contributed by atoms with Gasteiger partial charge in [-0.3, -0.25) is 9.69 Å². The first-order valence-corrected chi connectivity index (χ1v) is 10.5. The quantitative estimate of drug-likeness (QED) is 0.639. The number of piperazine rings is 1. The summed E-state index contributed by atoms with van der Waals surface area (Å²) in [4.78, 5) is 21.3. The average molecular weight is 397 g/mol. The summed E-state index contributed by atoms with van der Waals surface area (Å²) in [5.41, 5.74) is 3.64. The average Bonchev–Trinajstić information content (AvgIpc) is 3.40. The molecule has 0 unspecified atom stereocenters. The fourth-order valence-corrected chi connectivity index (χ4v) is 4.06. The number of carbonyl (C=O) groups excluding carboxylic acids is 1. The highest BCUT2D eigenvalue weighted by Gasteiger charge is 2.22. The Kier molecular flexibility index (Phi) is 5.83. The molecule has 0 spiro atoms. The van der Waals surface area contributed by atoms with Gasteiger partial charge < -0.3 is 9.42 Å². The maximum atomic E-state index is 12.5. The summed E-state index contributed by atoms with van der Waals surface area (Å²) in [5.74, 6) is 1.27. The summed E-state index contributed by atoms with van der Waals surface area (Å²) in [6.07, 6.45) is 0.891. The molecule has 0 N–H and O–H groups in total. The van der Waals surface area contributed by atoms with E-state index in [-0.39, 0.29) is 5.91 Å². The van der Waals surface area contributed by atoms with Crippen LogP contribution >= 0.6 is 11.3 Å². The molecule has 0 aliphatic carbocycles. The highest BCUT2D eigenvalue weighted by Crippen LogP contribution is 2.19. The molecule has 0 atom stereocenters. The molecule has 4 rings (SSSR count). The number of rotatable bonds is 6. The van der Waals surface area contributed by atoms with E-state index >= 15 is 0 Å². The summed E-state index contributed by atoms with van der Waals surface area (Å²) in [5, 5.41) is 7.96. The van der Waals surface area contributed by atoms with Gasteiger partial charge in [0.2, 0.25) is 17.6 Å². The Balaban J connectivity index is 1.24. The van der Waals surface area contributed by atoms with Gasteiger partial charge in [-0.15, -0.1) is 0 Å². The van der Waals surface area contributed by atoms with Crippen LogP contribution in [0.25, 0.3) is 11.4 Å². The van der Waals surface area contributed by atoms with E-state index in [0.717, 1.165) is 38.3 Å². The van der Waals surface area contributed by atoms with Crippen LogP contribution in [-0.2, 0) is 17.8 Å². The molecule has 1 saturated heterocycles. The molecule has 3 heterocycles. The first kappa shape index (κ1) is 18.8. The zero-order valence-corrected chi connectivity index (χ0v) is 16.8. The fourth-order valence-electron chi connectivity index (χ4n) is 3.42. The topological polar surface area (TPSA) is 62.5 Å². The van der Waals surface area contributed by atoms with Crippen LogP contribution in [0.15, 0.2) is 45.6 Å². The van der Waals surface area contributed by atoms with Gasteiger partial charge in [-0.1, -0.05) is 29.4 Å². The summed E-state index contributed by atoms with van der Waals surface area (Å²) >= 11 is 1.60. The third-order valence-corrected chi connectivity index (χ3v) is 5.86. The predicted molar refractivity (Wildman–Crippen MR) is 109 cm³/mol. The van der Waals surface area contributed by atoms with Gasteiger partial charge in [0.15, 0.2) is 0 Å². The Bertz CT molecular complexity index is 914. The van der Waals surface area contributed by atoms with Crippen molar-refractivity contribution in [2.45, 2.75) is 26.3 Å². The Labute approximate surface area is 168 Å². The van der Waals surface area contributed by atoms with Crippen LogP contribution in [0.2, 0.25) is 0 Å². The zero-order chi connectivity index (χ0) is 19.3. The van der Waals surface area contributed by atoms with Crippen LogP contribution in [0.5, 0.6) is 0 Å². The SMILES string of the molecule is Cc1ccccc1CN1CCN(C(=O)CCc2nc(-c3ccsc3)no2)CC1. The second-order valence-corrected chi connectivity index (χ2v) is 7.89. The van der Waals surface area contributed by atoms with Gasteiger partial charge in [-0.25, -0.2) is 0 Å². The molecular weight excluding hydrogens is 372 g/mol. The molecule has 2 aromatic heterocycles. The molecular formula is C21H24N4O2S.